The first kappa shape index (κ1) is 8.76. The molecule has 0 aliphatic carbocycles. The van der Waals surface area contributed by atoms with Crippen LogP contribution in [0.15, 0.2) is 23.2 Å². The molecular formula is C8H9N5O. The fraction of sp³-hybridized carbons (Fsp3) is 0.250. The summed E-state index contributed by atoms with van der Waals surface area (Å²) < 4.78 is 5.02. The third-order valence-corrected chi connectivity index (χ3v) is 1.61. The Morgan fingerprint density at radius 2 is 2.14 bits per heavy atom. The maximum absolute atomic E-state index is 5.02. The van der Waals surface area contributed by atoms with E-state index in [-0.39, 0.29) is 0 Å². The van der Waals surface area contributed by atoms with E-state index < -0.39 is 0 Å². The van der Waals surface area contributed by atoms with Gasteiger partial charge in [0.1, 0.15) is 6.33 Å². The summed E-state index contributed by atoms with van der Waals surface area (Å²) in [5.74, 6) is 1.06. The largest absolute Gasteiger partial charge is 0.334 e. The maximum Gasteiger partial charge on any atom is 0.261 e. The van der Waals surface area contributed by atoms with E-state index in [1.807, 2.05) is 7.05 Å². The highest BCUT2D eigenvalue weighted by atomic mass is 16.5. The Hall–Kier alpha value is -1.82. The monoisotopic (exact) mass is 191 g/mol. The Balaban J connectivity index is 2.25. The lowest BCUT2D eigenvalue weighted by Crippen LogP contribution is -2.06. The minimum Gasteiger partial charge on any atom is -0.334 e. The van der Waals surface area contributed by atoms with E-state index in [1.165, 1.54) is 6.33 Å². The van der Waals surface area contributed by atoms with Crippen LogP contribution in [0.3, 0.4) is 0 Å². The highest BCUT2D eigenvalue weighted by molar-refractivity contribution is 5.48. The summed E-state index contributed by atoms with van der Waals surface area (Å²) in [5.41, 5.74) is 0.724. The lowest BCUT2D eigenvalue weighted by Gasteiger charge is -1.89. The van der Waals surface area contributed by atoms with Crippen LogP contribution in [0.1, 0.15) is 5.82 Å². The second-order valence-corrected chi connectivity index (χ2v) is 2.67. The molecule has 72 valence electrons. The zero-order chi connectivity index (χ0) is 9.80. The van der Waals surface area contributed by atoms with Crippen molar-refractivity contribution in [3.8, 4) is 11.5 Å². The van der Waals surface area contributed by atoms with Crippen LogP contribution < -0.4 is 5.32 Å². The first-order valence-corrected chi connectivity index (χ1v) is 4.12. The first-order valence-electron chi connectivity index (χ1n) is 4.12. The van der Waals surface area contributed by atoms with Crippen molar-refractivity contribution < 1.29 is 4.52 Å². The van der Waals surface area contributed by atoms with Gasteiger partial charge in [-0.1, -0.05) is 5.16 Å². The van der Waals surface area contributed by atoms with Crippen LogP contribution in [0.5, 0.6) is 0 Å². The fourth-order valence-electron chi connectivity index (χ4n) is 1.01. The van der Waals surface area contributed by atoms with Crippen LogP contribution in [0.25, 0.3) is 11.5 Å². The second-order valence-electron chi connectivity index (χ2n) is 2.67. The summed E-state index contributed by atoms with van der Waals surface area (Å²) in [7, 11) is 1.82. The third-order valence-electron chi connectivity index (χ3n) is 1.61. The summed E-state index contributed by atoms with van der Waals surface area (Å²) >= 11 is 0. The van der Waals surface area contributed by atoms with Crippen LogP contribution in [0.2, 0.25) is 0 Å². The van der Waals surface area contributed by atoms with Gasteiger partial charge >= 0.3 is 0 Å². The SMILES string of the molecule is CNCc1noc(-c2cncnc2)n1. The van der Waals surface area contributed by atoms with Crippen LogP contribution in [-0.2, 0) is 6.54 Å². The van der Waals surface area contributed by atoms with Crippen molar-refractivity contribution in [2.45, 2.75) is 6.54 Å². The molecule has 14 heavy (non-hydrogen) atoms. The van der Waals surface area contributed by atoms with Crippen LogP contribution in [-0.4, -0.2) is 27.2 Å². The molecule has 2 aromatic heterocycles. The first-order chi connectivity index (χ1) is 6.90. The smallest absolute Gasteiger partial charge is 0.261 e. The van der Waals surface area contributed by atoms with Crippen molar-refractivity contribution >= 4 is 0 Å². The quantitative estimate of drug-likeness (QED) is 0.749. The number of nitrogens with zero attached hydrogens (tertiary/aromatic N) is 4. The molecule has 0 atom stereocenters. The van der Waals surface area contributed by atoms with Gasteiger partial charge in [0.25, 0.3) is 5.89 Å². The van der Waals surface area contributed by atoms with Gasteiger partial charge in [0, 0.05) is 12.4 Å². The zero-order valence-electron chi connectivity index (χ0n) is 7.64. The number of nitrogens with one attached hydrogen (secondary N) is 1. The Morgan fingerprint density at radius 1 is 1.36 bits per heavy atom. The summed E-state index contributed by atoms with van der Waals surface area (Å²) in [6.07, 6.45) is 4.71. The number of hydrogen-bond acceptors (Lipinski definition) is 6. The molecule has 0 fully saturated rings. The van der Waals surface area contributed by atoms with Crippen molar-refractivity contribution in [3.05, 3.63) is 24.5 Å². The van der Waals surface area contributed by atoms with Crippen molar-refractivity contribution in [3.63, 3.8) is 0 Å². The minimum absolute atomic E-state index is 0.441. The molecule has 2 heterocycles. The highest BCUT2D eigenvalue weighted by Gasteiger charge is 2.07. The van der Waals surface area contributed by atoms with E-state index in [9.17, 15) is 0 Å². The van der Waals surface area contributed by atoms with Crippen LogP contribution in [0.4, 0.5) is 0 Å². The Bertz CT molecular complexity index is 399. The zero-order valence-corrected chi connectivity index (χ0v) is 7.64. The average Bonchev–Trinajstić information content (AvgIpc) is 2.68. The average molecular weight is 191 g/mol. The predicted octanol–water partition coefficient (Wildman–Crippen LogP) is 0.246. The lowest BCUT2D eigenvalue weighted by atomic mass is 10.3. The highest BCUT2D eigenvalue weighted by Crippen LogP contribution is 2.13. The molecule has 0 radical (unpaired) electrons. The van der Waals surface area contributed by atoms with E-state index >= 15 is 0 Å². The van der Waals surface area contributed by atoms with Crippen molar-refractivity contribution in [2.75, 3.05) is 7.05 Å². The van der Waals surface area contributed by atoms with Gasteiger partial charge in [0.05, 0.1) is 12.1 Å². The van der Waals surface area contributed by atoms with Gasteiger partial charge in [-0.25, -0.2) is 9.97 Å². The van der Waals surface area contributed by atoms with Gasteiger partial charge in [-0.15, -0.1) is 0 Å². The summed E-state index contributed by atoms with van der Waals surface area (Å²) in [6, 6.07) is 0. The summed E-state index contributed by atoms with van der Waals surface area (Å²) in [4.78, 5) is 11.9. The lowest BCUT2D eigenvalue weighted by molar-refractivity contribution is 0.420. The molecule has 0 aromatic carbocycles. The summed E-state index contributed by atoms with van der Waals surface area (Å²) in [6.45, 7) is 0.581. The molecule has 1 N–H and O–H groups in total. The molecule has 0 saturated carbocycles. The maximum atomic E-state index is 5.02. The topological polar surface area (TPSA) is 76.7 Å². The van der Waals surface area contributed by atoms with Crippen molar-refractivity contribution in [1.29, 1.82) is 0 Å². The molecule has 6 heteroatoms. The van der Waals surface area contributed by atoms with Gasteiger partial charge in [-0.2, -0.15) is 4.98 Å². The summed E-state index contributed by atoms with van der Waals surface area (Å²) in [5, 5.41) is 6.71. The van der Waals surface area contributed by atoms with Gasteiger partial charge in [0.15, 0.2) is 5.82 Å². The third kappa shape index (κ3) is 1.74. The number of aromatic nitrogens is 4. The predicted molar refractivity (Wildman–Crippen MR) is 48.1 cm³/mol. The molecule has 0 aliphatic rings. The van der Waals surface area contributed by atoms with E-state index in [2.05, 4.69) is 25.4 Å². The Kier molecular flexibility index (Phi) is 2.46. The molecule has 0 spiro atoms. The minimum atomic E-state index is 0.441. The normalized spacial score (nSPS) is 10.4. The second kappa shape index (κ2) is 3.93. The van der Waals surface area contributed by atoms with Crippen LogP contribution in [0, 0.1) is 0 Å². The van der Waals surface area contributed by atoms with Crippen LogP contribution >= 0.6 is 0 Å². The Morgan fingerprint density at radius 3 is 2.86 bits per heavy atom. The van der Waals surface area contributed by atoms with Gasteiger partial charge in [-0.3, -0.25) is 0 Å². The van der Waals surface area contributed by atoms with Crippen molar-refractivity contribution in [2.24, 2.45) is 0 Å². The van der Waals surface area contributed by atoms with E-state index in [0.717, 1.165) is 5.56 Å². The molecule has 0 amide bonds. The molecule has 0 unspecified atom stereocenters. The fourth-order valence-corrected chi connectivity index (χ4v) is 1.01. The van der Waals surface area contributed by atoms with Gasteiger partial charge in [0.2, 0.25) is 0 Å². The number of hydrogen-bond donors (Lipinski definition) is 1. The van der Waals surface area contributed by atoms with Gasteiger partial charge < -0.3 is 9.84 Å². The molecule has 0 aliphatic heterocycles. The molecule has 6 nitrogen and oxygen atoms in total. The molecular weight excluding hydrogens is 182 g/mol. The number of rotatable bonds is 3. The Labute approximate surface area is 80.4 Å². The van der Waals surface area contributed by atoms with E-state index in [0.29, 0.717) is 18.3 Å². The van der Waals surface area contributed by atoms with Gasteiger partial charge in [-0.05, 0) is 7.05 Å². The van der Waals surface area contributed by atoms with E-state index in [4.69, 9.17) is 4.52 Å². The van der Waals surface area contributed by atoms with Crippen molar-refractivity contribution in [1.82, 2.24) is 25.4 Å². The molecule has 0 bridgehead atoms. The standard InChI is InChI=1S/C8H9N5O/c1-9-4-7-12-8(14-13-7)6-2-10-5-11-3-6/h2-3,5,9H,4H2,1H3. The molecule has 0 saturated heterocycles. The van der Waals surface area contributed by atoms with E-state index in [1.54, 1.807) is 12.4 Å². The molecule has 2 rings (SSSR count). The molecule has 2 aromatic rings.